The number of carbonyl (C=O) groups is 1. The van der Waals surface area contributed by atoms with Crippen LogP contribution in [-0.4, -0.2) is 38.0 Å². The molecule has 0 atom stereocenters. The summed E-state index contributed by atoms with van der Waals surface area (Å²) in [7, 11) is 0.801. The predicted molar refractivity (Wildman–Crippen MR) is 82.6 cm³/mol. The molecule has 0 aliphatic rings. The van der Waals surface area contributed by atoms with Crippen LogP contribution in [0, 0.1) is 0 Å². The van der Waals surface area contributed by atoms with Crippen LogP contribution in [0.1, 0.15) is 12.0 Å². The molecule has 0 aliphatic heterocycles. The second-order valence-corrected chi connectivity index (χ2v) is 8.37. The minimum Gasteiger partial charge on any atom is -0.340 e. The molecule has 0 radical (unpaired) electrons. The molecule has 0 spiro atoms. The third-order valence-electron chi connectivity index (χ3n) is 2.85. The van der Waals surface area contributed by atoms with Gasteiger partial charge in [0.2, 0.25) is 0 Å². The van der Waals surface area contributed by atoms with E-state index in [1.807, 2.05) is 30.3 Å². The molecular weight excluding hydrogens is 260 g/mol. The summed E-state index contributed by atoms with van der Waals surface area (Å²) in [5, 5.41) is 5.69. The van der Waals surface area contributed by atoms with Gasteiger partial charge in [0.1, 0.15) is 0 Å². The average Bonchev–Trinajstić information content (AvgIpc) is 2.42. The van der Waals surface area contributed by atoms with Crippen LogP contribution in [0.15, 0.2) is 30.3 Å². The molecule has 0 aliphatic carbocycles. The highest BCUT2D eigenvalue weighted by molar-refractivity contribution is 8.28. The zero-order chi connectivity index (χ0) is 14.1. The molecule has 0 aromatic heterocycles. The highest BCUT2D eigenvalue weighted by Gasteiger charge is 2.09. The molecule has 0 bridgehead atoms. The van der Waals surface area contributed by atoms with Gasteiger partial charge in [0, 0.05) is 26.0 Å². The van der Waals surface area contributed by atoms with Crippen molar-refractivity contribution in [1.82, 2.24) is 10.6 Å². The normalized spacial score (nSPS) is 11.9. The van der Waals surface area contributed by atoms with Crippen molar-refractivity contribution in [3.05, 3.63) is 35.9 Å². The Kier molecular flexibility index (Phi) is 6.73. The van der Waals surface area contributed by atoms with E-state index in [-0.39, 0.29) is 6.03 Å². The molecule has 0 heterocycles. The molecule has 2 N–H and O–H groups in total. The van der Waals surface area contributed by atoms with Crippen LogP contribution in [-0.2, 0) is 10.7 Å². The van der Waals surface area contributed by atoms with Crippen molar-refractivity contribution in [2.24, 2.45) is 0 Å². The van der Waals surface area contributed by atoms with Crippen LogP contribution >= 0.6 is 10.3 Å². The third kappa shape index (κ3) is 7.08. The first kappa shape index (κ1) is 15.9. The lowest BCUT2D eigenvalue weighted by Gasteiger charge is -2.28. The maximum atomic E-state index is 11.6. The van der Waals surface area contributed by atoms with Gasteiger partial charge in [-0.2, -0.15) is 0 Å². The van der Waals surface area contributed by atoms with Crippen molar-refractivity contribution in [1.29, 1.82) is 0 Å². The fourth-order valence-electron chi connectivity index (χ4n) is 1.55. The molecule has 0 saturated carbocycles. The molecule has 5 heteroatoms. The zero-order valence-electron chi connectivity index (χ0n) is 11.9. The Labute approximate surface area is 117 Å². The van der Waals surface area contributed by atoms with Crippen molar-refractivity contribution in [2.75, 3.05) is 31.9 Å². The van der Waals surface area contributed by atoms with E-state index in [9.17, 15) is 4.79 Å². The molecule has 0 saturated heterocycles. The van der Waals surface area contributed by atoms with Gasteiger partial charge in [-0.05, 0) is 24.5 Å². The van der Waals surface area contributed by atoms with Gasteiger partial charge >= 0.3 is 6.03 Å². The summed E-state index contributed by atoms with van der Waals surface area (Å²) in [5.41, 5.74) is 1.10. The SMILES string of the molecule is COS(C)(C)CCCNC(=O)NCc1ccccc1. The number of benzene rings is 1. The van der Waals surface area contributed by atoms with Crippen molar-refractivity contribution in [2.45, 2.75) is 13.0 Å². The van der Waals surface area contributed by atoms with Crippen molar-refractivity contribution >= 4 is 16.3 Å². The number of rotatable bonds is 7. The second-order valence-electron chi connectivity index (χ2n) is 4.76. The van der Waals surface area contributed by atoms with Crippen LogP contribution in [0.5, 0.6) is 0 Å². The highest BCUT2D eigenvalue weighted by Crippen LogP contribution is 2.39. The summed E-state index contributed by atoms with van der Waals surface area (Å²) in [4.78, 5) is 11.6. The van der Waals surface area contributed by atoms with Gasteiger partial charge in [-0.15, -0.1) is 10.3 Å². The maximum Gasteiger partial charge on any atom is 0.315 e. The summed E-state index contributed by atoms with van der Waals surface area (Å²) in [6.07, 6.45) is 5.19. The van der Waals surface area contributed by atoms with E-state index in [4.69, 9.17) is 4.18 Å². The summed E-state index contributed by atoms with van der Waals surface area (Å²) in [6.45, 7) is 1.24. The van der Waals surface area contributed by atoms with E-state index in [1.54, 1.807) is 7.11 Å². The molecule has 2 amide bonds. The Balaban J connectivity index is 2.12. The van der Waals surface area contributed by atoms with Crippen LogP contribution < -0.4 is 10.6 Å². The lowest BCUT2D eigenvalue weighted by Crippen LogP contribution is -2.35. The van der Waals surface area contributed by atoms with Crippen LogP contribution in [0.3, 0.4) is 0 Å². The van der Waals surface area contributed by atoms with Crippen LogP contribution in [0.2, 0.25) is 0 Å². The number of carbonyl (C=O) groups excluding carboxylic acids is 1. The molecule has 108 valence electrons. The smallest absolute Gasteiger partial charge is 0.315 e. The number of urea groups is 1. The molecule has 0 unspecified atom stereocenters. The summed E-state index contributed by atoms with van der Waals surface area (Å²) in [5.74, 6) is 1.00. The number of amides is 2. The van der Waals surface area contributed by atoms with E-state index in [2.05, 4.69) is 23.1 Å². The minimum absolute atomic E-state index is 0.117. The topological polar surface area (TPSA) is 50.4 Å². The first-order chi connectivity index (χ1) is 9.03. The summed E-state index contributed by atoms with van der Waals surface area (Å²) in [6, 6.07) is 9.75. The largest absolute Gasteiger partial charge is 0.340 e. The Morgan fingerprint density at radius 3 is 2.53 bits per heavy atom. The first-order valence-corrected chi connectivity index (χ1v) is 8.90. The maximum absolute atomic E-state index is 11.6. The monoisotopic (exact) mass is 284 g/mol. The Hall–Kier alpha value is -1.20. The number of nitrogens with one attached hydrogen (secondary N) is 2. The fraction of sp³-hybridized carbons (Fsp3) is 0.500. The molecule has 4 nitrogen and oxygen atoms in total. The first-order valence-electron chi connectivity index (χ1n) is 6.36. The van der Waals surface area contributed by atoms with Gasteiger partial charge in [0.05, 0.1) is 0 Å². The van der Waals surface area contributed by atoms with E-state index >= 15 is 0 Å². The minimum atomic E-state index is -0.944. The second kappa shape index (κ2) is 8.07. The molecular formula is C14H24N2O2S. The van der Waals surface area contributed by atoms with Gasteiger partial charge in [-0.25, -0.2) is 4.79 Å². The summed E-state index contributed by atoms with van der Waals surface area (Å²) < 4.78 is 5.41. The number of hydrogen-bond acceptors (Lipinski definition) is 2. The van der Waals surface area contributed by atoms with Gasteiger partial charge in [0.15, 0.2) is 0 Å². The van der Waals surface area contributed by atoms with Gasteiger partial charge in [-0.3, -0.25) is 0 Å². The zero-order valence-corrected chi connectivity index (χ0v) is 12.8. The summed E-state index contributed by atoms with van der Waals surface area (Å²) >= 11 is 0. The van der Waals surface area contributed by atoms with E-state index < -0.39 is 10.3 Å². The van der Waals surface area contributed by atoms with Crippen LogP contribution in [0.4, 0.5) is 4.79 Å². The Morgan fingerprint density at radius 2 is 1.89 bits per heavy atom. The Morgan fingerprint density at radius 1 is 1.21 bits per heavy atom. The lowest BCUT2D eigenvalue weighted by molar-refractivity contribution is 0.240. The fourth-order valence-corrected chi connectivity index (χ4v) is 2.55. The molecule has 1 aromatic carbocycles. The van der Waals surface area contributed by atoms with Crippen LogP contribution in [0.25, 0.3) is 0 Å². The Bertz CT molecular complexity index is 382. The van der Waals surface area contributed by atoms with E-state index in [1.165, 1.54) is 0 Å². The molecule has 0 fully saturated rings. The van der Waals surface area contributed by atoms with Gasteiger partial charge in [0.25, 0.3) is 0 Å². The highest BCUT2D eigenvalue weighted by atomic mass is 32.3. The molecule has 1 rings (SSSR count). The third-order valence-corrected chi connectivity index (χ3v) is 5.02. The number of hydrogen-bond donors (Lipinski definition) is 2. The lowest BCUT2D eigenvalue weighted by atomic mass is 10.2. The molecule has 19 heavy (non-hydrogen) atoms. The molecule has 1 aromatic rings. The average molecular weight is 284 g/mol. The van der Waals surface area contributed by atoms with Crippen molar-refractivity contribution in [3.8, 4) is 0 Å². The van der Waals surface area contributed by atoms with Gasteiger partial charge in [-0.1, -0.05) is 30.3 Å². The van der Waals surface area contributed by atoms with Crippen molar-refractivity contribution in [3.63, 3.8) is 0 Å². The predicted octanol–water partition coefficient (Wildman–Crippen LogP) is 2.50. The quantitative estimate of drug-likeness (QED) is 0.756. The standard InChI is InChI=1S/C14H24N2O2S/c1-18-19(2,3)11-7-10-15-14(17)16-12-13-8-5-4-6-9-13/h4-6,8-9H,7,10-12H2,1-3H3,(H2,15,16,17). The van der Waals surface area contributed by atoms with Crippen molar-refractivity contribution < 1.29 is 8.98 Å². The van der Waals surface area contributed by atoms with E-state index in [0.29, 0.717) is 13.1 Å². The van der Waals surface area contributed by atoms with Gasteiger partial charge < -0.3 is 14.8 Å². The van der Waals surface area contributed by atoms with E-state index in [0.717, 1.165) is 17.7 Å².